The topological polar surface area (TPSA) is 116 Å². The van der Waals surface area contributed by atoms with Gasteiger partial charge in [-0.15, -0.1) is 0 Å². The third kappa shape index (κ3) is 7.74. The molecule has 2 heterocycles. The number of hydrogen-bond donors (Lipinski definition) is 3. The van der Waals surface area contributed by atoms with Crippen LogP contribution >= 0.6 is 0 Å². The number of benzene rings is 2. The summed E-state index contributed by atoms with van der Waals surface area (Å²) >= 11 is 0. The fourth-order valence-corrected chi connectivity index (χ4v) is 4.08. The maximum atomic E-state index is 9.55. The number of hydrogen-bond acceptors (Lipinski definition) is 6. The maximum absolute atomic E-state index is 9.55. The van der Waals surface area contributed by atoms with Gasteiger partial charge < -0.3 is 20.1 Å². The summed E-state index contributed by atoms with van der Waals surface area (Å²) in [4.78, 5) is 21.7. The van der Waals surface area contributed by atoms with E-state index < -0.39 is 11.9 Å². The predicted octanol–water partition coefficient (Wildman–Crippen LogP) is 4.43. The lowest BCUT2D eigenvalue weighted by Gasteiger charge is -2.31. The van der Waals surface area contributed by atoms with E-state index >= 15 is 0 Å². The van der Waals surface area contributed by atoms with Gasteiger partial charge in [0.05, 0.1) is 5.69 Å². The molecule has 0 radical (unpaired) electrons. The number of likely N-dealkylation sites (tertiary alicyclic amines) is 1. The molecule has 8 heteroatoms. The van der Waals surface area contributed by atoms with Crippen LogP contribution in [0.1, 0.15) is 30.5 Å². The zero-order chi connectivity index (χ0) is 24.3. The van der Waals surface area contributed by atoms with E-state index in [1.807, 2.05) is 13.1 Å². The van der Waals surface area contributed by atoms with Crippen molar-refractivity contribution in [2.45, 2.75) is 32.2 Å². The third-order valence-electron chi connectivity index (χ3n) is 5.95. The van der Waals surface area contributed by atoms with Gasteiger partial charge in [0.2, 0.25) is 0 Å². The van der Waals surface area contributed by atoms with Crippen LogP contribution in [-0.2, 0) is 22.6 Å². The van der Waals surface area contributed by atoms with Crippen molar-refractivity contribution in [3.05, 3.63) is 71.9 Å². The Labute approximate surface area is 198 Å². The van der Waals surface area contributed by atoms with Crippen molar-refractivity contribution in [3.8, 4) is 0 Å². The van der Waals surface area contributed by atoms with E-state index in [4.69, 9.17) is 14.7 Å². The second kappa shape index (κ2) is 12.6. The summed E-state index contributed by atoms with van der Waals surface area (Å²) in [7, 11) is 1.92. The van der Waals surface area contributed by atoms with Crippen LogP contribution in [0.15, 0.2) is 65.2 Å². The van der Waals surface area contributed by atoms with E-state index in [9.17, 15) is 9.59 Å². The van der Waals surface area contributed by atoms with Crippen LogP contribution in [0, 0.1) is 5.92 Å². The number of carboxylic acid groups (broad SMARTS) is 2. The number of fused-ring (bicyclic) bond motifs is 1. The maximum Gasteiger partial charge on any atom is 0.328 e. The monoisotopic (exact) mass is 465 g/mol. The molecule has 180 valence electrons. The number of carbonyl (C=O) groups is 2. The second-order valence-corrected chi connectivity index (χ2v) is 8.34. The van der Waals surface area contributed by atoms with Gasteiger partial charge in [-0.25, -0.2) is 9.59 Å². The van der Waals surface area contributed by atoms with Gasteiger partial charge in [-0.2, -0.15) is 0 Å². The minimum absolute atomic E-state index is 0.558. The first-order valence-electron chi connectivity index (χ1n) is 11.4. The molecular weight excluding hydrogens is 434 g/mol. The van der Waals surface area contributed by atoms with Gasteiger partial charge in [-0.1, -0.05) is 35.5 Å². The van der Waals surface area contributed by atoms with E-state index in [1.54, 1.807) is 0 Å². The highest BCUT2D eigenvalue weighted by Crippen LogP contribution is 2.27. The number of anilines is 1. The number of rotatable bonds is 8. The smallest absolute Gasteiger partial charge is 0.328 e. The molecule has 1 aromatic heterocycles. The van der Waals surface area contributed by atoms with Crippen molar-refractivity contribution < 1.29 is 24.3 Å². The van der Waals surface area contributed by atoms with Crippen LogP contribution in [0.5, 0.6) is 0 Å². The number of piperidine rings is 1. The molecule has 1 aliphatic heterocycles. The van der Waals surface area contributed by atoms with Crippen molar-refractivity contribution in [2.24, 2.45) is 5.92 Å². The van der Waals surface area contributed by atoms with E-state index in [0.29, 0.717) is 12.2 Å². The van der Waals surface area contributed by atoms with Crippen LogP contribution in [0.4, 0.5) is 5.69 Å². The Hall–Kier alpha value is -3.65. The summed E-state index contributed by atoms with van der Waals surface area (Å²) in [6.07, 6.45) is 5.90. The number of nitrogens with one attached hydrogen (secondary N) is 1. The average molecular weight is 466 g/mol. The molecule has 0 unspecified atom stereocenters. The van der Waals surface area contributed by atoms with Crippen molar-refractivity contribution in [3.63, 3.8) is 0 Å². The molecule has 0 atom stereocenters. The van der Waals surface area contributed by atoms with E-state index in [0.717, 1.165) is 41.2 Å². The Kier molecular flexibility index (Phi) is 9.22. The highest BCUT2D eigenvalue weighted by atomic mass is 16.5. The lowest BCUT2D eigenvalue weighted by molar-refractivity contribution is -0.134. The minimum Gasteiger partial charge on any atom is -0.478 e. The molecule has 1 saturated heterocycles. The number of aryl methyl sites for hydroxylation is 1. The van der Waals surface area contributed by atoms with Crippen molar-refractivity contribution in [1.29, 1.82) is 0 Å². The molecule has 1 aliphatic rings. The highest BCUT2D eigenvalue weighted by molar-refractivity contribution is 5.89. The first kappa shape index (κ1) is 25.0. The molecule has 1 fully saturated rings. The molecule has 8 nitrogen and oxygen atoms in total. The summed E-state index contributed by atoms with van der Waals surface area (Å²) in [6.45, 7) is 3.48. The van der Waals surface area contributed by atoms with Gasteiger partial charge in [0.15, 0.2) is 5.58 Å². The summed E-state index contributed by atoms with van der Waals surface area (Å²) in [5.41, 5.74) is 4.46. The molecule has 2 aromatic carbocycles. The Balaban J connectivity index is 0.000000350. The lowest BCUT2D eigenvalue weighted by atomic mass is 9.91. The molecule has 0 amide bonds. The molecule has 0 bridgehead atoms. The van der Waals surface area contributed by atoms with Crippen LogP contribution in [-0.4, -0.2) is 52.3 Å². The number of carboxylic acids is 2. The Morgan fingerprint density at radius 2 is 1.76 bits per heavy atom. The average Bonchev–Trinajstić information content (AvgIpc) is 3.25. The molecular formula is C26H31N3O5. The summed E-state index contributed by atoms with van der Waals surface area (Å²) in [5, 5.41) is 24.2. The zero-order valence-corrected chi connectivity index (χ0v) is 19.3. The largest absolute Gasteiger partial charge is 0.478 e. The van der Waals surface area contributed by atoms with E-state index in [1.165, 1.54) is 37.9 Å². The standard InChI is InChI=1S/C22H27N3O.C4H4O4/c1-23-19-8-9-20-21(24-26-22(20)15-19)10-7-17-11-13-25(14-12-17)16-18-5-3-2-4-6-18;5-3(6)1-2-4(7)8/h2-6,8-9,15,17,23H,7,10-14,16H2,1H3;1-2H,(H,5,6)(H,7,8). The zero-order valence-electron chi connectivity index (χ0n) is 19.3. The number of nitrogens with zero attached hydrogens (tertiary/aromatic N) is 2. The Bertz CT molecular complexity index is 1090. The first-order chi connectivity index (χ1) is 16.4. The van der Waals surface area contributed by atoms with Crippen LogP contribution in [0.25, 0.3) is 11.0 Å². The van der Waals surface area contributed by atoms with Gasteiger partial charge in [-0.3, -0.25) is 4.90 Å². The fraction of sp³-hybridized carbons (Fsp3) is 0.346. The first-order valence-corrected chi connectivity index (χ1v) is 11.4. The summed E-state index contributed by atoms with van der Waals surface area (Å²) < 4.78 is 5.52. The molecule has 0 saturated carbocycles. The van der Waals surface area contributed by atoms with Gasteiger partial charge in [0.1, 0.15) is 0 Å². The minimum atomic E-state index is -1.26. The quantitative estimate of drug-likeness (QED) is 0.419. The Morgan fingerprint density at radius 3 is 2.38 bits per heavy atom. The van der Waals surface area contributed by atoms with Crippen LogP contribution < -0.4 is 5.32 Å². The third-order valence-corrected chi connectivity index (χ3v) is 5.95. The molecule has 3 aromatic rings. The van der Waals surface area contributed by atoms with Crippen LogP contribution in [0.3, 0.4) is 0 Å². The molecule has 34 heavy (non-hydrogen) atoms. The predicted molar refractivity (Wildman–Crippen MR) is 131 cm³/mol. The fourth-order valence-electron chi connectivity index (χ4n) is 4.08. The molecule has 4 rings (SSSR count). The lowest BCUT2D eigenvalue weighted by Crippen LogP contribution is -2.33. The van der Waals surface area contributed by atoms with Crippen LogP contribution in [0.2, 0.25) is 0 Å². The van der Waals surface area contributed by atoms with E-state index in [-0.39, 0.29) is 0 Å². The SMILES string of the molecule is CNc1ccc2c(CCC3CCN(Cc4ccccc4)CC3)noc2c1.O=C(O)C=CC(=O)O. The van der Waals surface area contributed by atoms with Crippen molar-refractivity contribution in [1.82, 2.24) is 10.1 Å². The van der Waals surface area contributed by atoms with Crippen molar-refractivity contribution >= 4 is 28.6 Å². The van der Waals surface area contributed by atoms with E-state index in [2.05, 4.69) is 57.8 Å². The van der Waals surface area contributed by atoms with Gasteiger partial charge in [-0.05, 0) is 62.4 Å². The Morgan fingerprint density at radius 1 is 1.09 bits per heavy atom. The summed E-state index contributed by atoms with van der Waals surface area (Å²) in [5.74, 6) is -1.72. The molecule has 0 aliphatic carbocycles. The number of aliphatic carboxylic acids is 2. The van der Waals surface area contributed by atoms with Gasteiger partial charge >= 0.3 is 11.9 Å². The van der Waals surface area contributed by atoms with Gasteiger partial charge in [0.25, 0.3) is 0 Å². The van der Waals surface area contributed by atoms with Crippen molar-refractivity contribution in [2.75, 3.05) is 25.5 Å². The summed E-state index contributed by atoms with van der Waals surface area (Å²) in [6, 6.07) is 17.0. The molecule has 3 N–H and O–H groups in total. The van der Waals surface area contributed by atoms with Gasteiger partial charge in [0, 0.05) is 42.9 Å². The number of aromatic nitrogens is 1. The highest BCUT2D eigenvalue weighted by Gasteiger charge is 2.20. The normalized spacial score (nSPS) is 14.6. The second-order valence-electron chi connectivity index (χ2n) is 8.34. The molecule has 0 spiro atoms.